The summed E-state index contributed by atoms with van der Waals surface area (Å²) < 4.78 is 21.4. The minimum atomic E-state index is -1.26. The third-order valence-electron chi connectivity index (χ3n) is 2.69. The van der Waals surface area contributed by atoms with Crippen LogP contribution in [0.1, 0.15) is 39.2 Å². The van der Waals surface area contributed by atoms with Gasteiger partial charge < -0.3 is 4.74 Å². The van der Waals surface area contributed by atoms with Crippen LogP contribution in [0.3, 0.4) is 0 Å². The van der Waals surface area contributed by atoms with E-state index in [1.165, 1.54) is 0 Å². The normalized spacial score (nSPS) is 14.2. The maximum atomic E-state index is 12.2. The molecule has 0 fully saturated rings. The Morgan fingerprint density at radius 3 is 2.35 bits per heavy atom. The molecule has 5 heteroatoms. The SMILES string of the molecule is COc1ccc(C(CCCCl)=N[S@@](=O)C(C)(C)C)cc1. The Bertz CT molecular complexity index is 478. The maximum absolute atomic E-state index is 12.2. The quantitative estimate of drug-likeness (QED) is 0.588. The summed E-state index contributed by atoms with van der Waals surface area (Å²) in [5.74, 6) is 1.36. The van der Waals surface area contributed by atoms with Crippen molar-refractivity contribution in [3.05, 3.63) is 29.8 Å². The number of nitrogens with zero attached hydrogens (tertiary/aromatic N) is 1. The number of halogens is 1. The number of alkyl halides is 1. The molecule has 20 heavy (non-hydrogen) atoms. The fraction of sp³-hybridized carbons (Fsp3) is 0.533. The van der Waals surface area contributed by atoms with E-state index < -0.39 is 11.0 Å². The van der Waals surface area contributed by atoms with Crippen LogP contribution in [0.2, 0.25) is 0 Å². The van der Waals surface area contributed by atoms with E-state index in [0.717, 1.165) is 29.9 Å². The number of ether oxygens (including phenoxy) is 1. The minimum Gasteiger partial charge on any atom is -0.497 e. The molecule has 0 aromatic heterocycles. The van der Waals surface area contributed by atoms with Crippen molar-refractivity contribution in [1.82, 2.24) is 0 Å². The van der Waals surface area contributed by atoms with E-state index in [1.54, 1.807) is 7.11 Å². The molecule has 0 saturated heterocycles. The number of hydrogen-bond acceptors (Lipinski definition) is 2. The van der Waals surface area contributed by atoms with Gasteiger partial charge in [-0.25, -0.2) is 4.21 Å². The summed E-state index contributed by atoms with van der Waals surface area (Å²) in [7, 11) is 0.366. The molecule has 3 nitrogen and oxygen atoms in total. The molecule has 112 valence electrons. The average Bonchev–Trinajstić information content (AvgIpc) is 2.42. The van der Waals surface area contributed by atoms with Gasteiger partial charge in [-0.05, 0) is 63.4 Å². The number of benzene rings is 1. The summed E-state index contributed by atoms with van der Waals surface area (Å²) in [6, 6.07) is 7.63. The summed E-state index contributed by atoms with van der Waals surface area (Å²) in [6.45, 7) is 5.75. The van der Waals surface area contributed by atoms with Gasteiger partial charge in [-0.2, -0.15) is 4.40 Å². The zero-order valence-electron chi connectivity index (χ0n) is 12.5. The lowest BCUT2D eigenvalue weighted by atomic mass is 10.1. The van der Waals surface area contributed by atoms with E-state index >= 15 is 0 Å². The van der Waals surface area contributed by atoms with E-state index in [1.807, 2.05) is 45.0 Å². The van der Waals surface area contributed by atoms with Crippen molar-refractivity contribution in [2.75, 3.05) is 13.0 Å². The highest BCUT2D eigenvalue weighted by Crippen LogP contribution is 2.18. The van der Waals surface area contributed by atoms with E-state index in [4.69, 9.17) is 16.3 Å². The predicted molar refractivity (Wildman–Crippen MR) is 87.4 cm³/mol. The Kier molecular flexibility index (Phi) is 6.69. The monoisotopic (exact) mass is 315 g/mol. The molecule has 0 unspecified atom stereocenters. The highest BCUT2D eigenvalue weighted by Gasteiger charge is 2.20. The summed E-state index contributed by atoms with van der Waals surface area (Å²) in [5, 5.41) is 0. The summed E-state index contributed by atoms with van der Waals surface area (Å²) in [6.07, 6.45) is 1.53. The second kappa shape index (κ2) is 7.79. The van der Waals surface area contributed by atoms with Crippen LogP contribution in [0.25, 0.3) is 0 Å². The fourth-order valence-corrected chi connectivity index (χ4v) is 2.30. The van der Waals surface area contributed by atoms with Crippen molar-refractivity contribution < 1.29 is 8.95 Å². The molecule has 0 radical (unpaired) electrons. The smallest absolute Gasteiger partial charge is 0.145 e. The highest BCUT2D eigenvalue weighted by atomic mass is 35.5. The molecule has 1 atom stereocenters. The third kappa shape index (κ3) is 5.25. The topological polar surface area (TPSA) is 38.7 Å². The zero-order valence-corrected chi connectivity index (χ0v) is 14.1. The van der Waals surface area contributed by atoms with Gasteiger partial charge in [0.05, 0.1) is 17.6 Å². The molecule has 0 aliphatic heterocycles. The second-order valence-electron chi connectivity index (χ2n) is 5.42. The number of hydrogen-bond donors (Lipinski definition) is 0. The average molecular weight is 316 g/mol. The molecule has 0 N–H and O–H groups in total. The molecule has 0 saturated carbocycles. The van der Waals surface area contributed by atoms with E-state index in [2.05, 4.69) is 4.40 Å². The molecule has 0 amide bonds. The first-order valence-electron chi connectivity index (χ1n) is 6.58. The van der Waals surface area contributed by atoms with Crippen molar-refractivity contribution in [2.45, 2.75) is 38.4 Å². The van der Waals surface area contributed by atoms with Crippen molar-refractivity contribution in [2.24, 2.45) is 4.40 Å². The Morgan fingerprint density at radius 2 is 1.90 bits per heavy atom. The van der Waals surface area contributed by atoms with Crippen LogP contribution in [-0.2, 0) is 11.0 Å². The maximum Gasteiger partial charge on any atom is 0.145 e. The molecule has 0 bridgehead atoms. The van der Waals surface area contributed by atoms with Crippen molar-refractivity contribution in [1.29, 1.82) is 0 Å². The molecule has 0 aliphatic carbocycles. The van der Waals surface area contributed by atoms with Crippen LogP contribution in [0.4, 0.5) is 0 Å². The Labute approximate surface area is 129 Å². The third-order valence-corrected chi connectivity index (χ3v) is 4.39. The predicted octanol–water partition coefficient (Wildman–Crippen LogP) is 3.97. The first kappa shape index (κ1) is 17.2. The van der Waals surface area contributed by atoms with Crippen molar-refractivity contribution >= 4 is 28.3 Å². The molecule has 1 aromatic carbocycles. The lowest BCUT2D eigenvalue weighted by Gasteiger charge is -2.15. The van der Waals surface area contributed by atoms with Gasteiger partial charge in [0, 0.05) is 5.88 Å². The molecule has 0 spiro atoms. The zero-order chi connectivity index (χ0) is 15.2. The van der Waals surface area contributed by atoms with Crippen LogP contribution in [0, 0.1) is 0 Å². The van der Waals surface area contributed by atoms with Crippen molar-refractivity contribution in [3.63, 3.8) is 0 Å². The van der Waals surface area contributed by atoms with Gasteiger partial charge in [0.2, 0.25) is 0 Å². The Balaban J connectivity index is 3.04. The molecule has 1 aromatic rings. The first-order chi connectivity index (χ1) is 9.38. The summed E-state index contributed by atoms with van der Waals surface area (Å²) >= 11 is 5.76. The van der Waals surface area contributed by atoms with Gasteiger partial charge in [-0.3, -0.25) is 0 Å². The van der Waals surface area contributed by atoms with E-state index in [-0.39, 0.29) is 4.75 Å². The highest BCUT2D eigenvalue weighted by molar-refractivity contribution is 7.85. The van der Waals surface area contributed by atoms with Gasteiger partial charge in [0.25, 0.3) is 0 Å². The lowest BCUT2D eigenvalue weighted by Crippen LogP contribution is -2.21. The van der Waals surface area contributed by atoms with Gasteiger partial charge in [-0.1, -0.05) is 0 Å². The van der Waals surface area contributed by atoms with Crippen LogP contribution >= 0.6 is 11.6 Å². The molecular formula is C15H22ClNO2S. The van der Waals surface area contributed by atoms with Crippen LogP contribution in [0.5, 0.6) is 5.75 Å². The van der Waals surface area contributed by atoms with Gasteiger partial charge in [0.15, 0.2) is 0 Å². The first-order valence-corrected chi connectivity index (χ1v) is 8.22. The lowest BCUT2D eigenvalue weighted by molar-refractivity contribution is 0.415. The van der Waals surface area contributed by atoms with Crippen molar-refractivity contribution in [3.8, 4) is 5.75 Å². The summed E-state index contributed by atoms with van der Waals surface area (Å²) in [4.78, 5) is 0. The summed E-state index contributed by atoms with van der Waals surface area (Å²) in [5.41, 5.74) is 1.80. The van der Waals surface area contributed by atoms with E-state index in [9.17, 15) is 4.21 Å². The standard InChI is InChI=1S/C15H22ClNO2S/c1-15(2,3)20(18)17-14(6-5-11-16)12-7-9-13(19-4)10-8-12/h7-10H,5-6,11H2,1-4H3/t20-/m0/s1. The van der Waals surface area contributed by atoms with Crippen LogP contribution in [-0.4, -0.2) is 27.7 Å². The molecule has 0 aliphatic rings. The van der Waals surface area contributed by atoms with Gasteiger partial charge in [0.1, 0.15) is 16.7 Å². The second-order valence-corrected chi connectivity index (χ2v) is 7.70. The van der Waals surface area contributed by atoms with Gasteiger partial charge >= 0.3 is 0 Å². The minimum absolute atomic E-state index is 0.362. The number of rotatable bonds is 6. The molecular weight excluding hydrogens is 294 g/mol. The Morgan fingerprint density at radius 1 is 1.30 bits per heavy atom. The number of methoxy groups -OCH3 is 1. The van der Waals surface area contributed by atoms with Gasteiger partial charge in [-0.15, -0.1) is 11.6 Å². The van der Waals surface area contributed by atoms with Crippen LogP contribution < -0.4 is 4.74 Å². The molecule has 0 heterocycles. The van der Waals surface area contributed by atoms with Crippen LogP contribution in [0.15, 0.2) is 28.7 Å². The largest absolute Gasteiger partial charge is 0.497 e. The fourth-order valence-electron chi connectivity index (χ4n) is 1.50. The Hall–Kier alpha value is -0.870. The van der Waals surface area contributed by atoms with E-state index in [0.29, 0.717) is 5.88 Å². The molecule has 1 rings (SSSR count).